The maximum absolute atomic E-state index is 11.4. The summed E-state index contributed by atoms with van der Waals surface area (Å²) in [5.74, 6) is 0.575. The zero-order valence-electron chi connectivity index (χ0n) is 19.4. The molecular formula is C25H41ClN2O3S. The molecule has 182 valence electrons. The fraction of sp³-hybridized carbons (Fsp3) is 0.880. The van der Waals surface area contributed by atoms with Gasteiger partial charge >= 0.3 is 0 Å². The highest BCUT2D eigenvalue weighted by Gasteiger charge is 2.47. The van der Waals surface area contributed by atoms with Gasteiger partial charge in [-0.25, -0.2) is 0 Å². The molecule has 1 heterocycles. The first-order valence-electron chi connectivity index (χ1n) is 12.5. The van der Waals surface area contributed by atoms with Crippen molar-refractivity contribution in [1.82, 2.24) is 4.90 Å². The number of nitriles is 1. The molecule has 3 rings (SSSR count). The summed E-state index contributed by atoms with van der Waals surface area (Å²) in [6.07, 6.45) is 8.60. The molecule has 0 bridgehead atoms. The first kappa shape index (κ1) is 26.3. The van der Waals surface area contributed by atoms with E-state index in [1.54, 1.807) is 0 Å². The molecule has 0 aromatic carbocycles. The molecule has 3 fully saturated rings. The second-order valence-electron chi connectivity index (χ2n) is 10.2. The molecule has 5 nitrogen and oxygen atoms in total. The Bertz CT molecular complexity index is 650. The van der Waals surface area contributed by atoms with Gasteiger partial charge in [0.25, 0.3) is 0 Å². The number of nitrogens with zero attached hydrogens (tertiary/aromatic N) is 2. The summed E-state index contributed by atoms with van der Waals surface area (Å²) in [6, 6.07) is 2.65. The van der Waals surface area contributed by atoms with E-state index in [9.17, 15) is 20.6 Å². The third-order valence-corrected chi connectivity index (χ3v) is 10.3. The molecule has 6 atom stereocenters. The van der Waals surface area contributed by atoms with Gasteiger partial charge in [0.15, 0.2) is 6.29 Å². The van der Waals surface area contributed by atoms with Crippen LogP contribution in [0.4, 0.5) is 0 Å². The highest BCUT2D eigenvalue weighted by molar-refractivity contribution is 8.00. The molecule has 0 radical (unpaired) electrons. The predicted molar refractivity (Wildman–Crippen MR) is 131 cm³/mol. The van der Waals surface area contributed by atoms with E-state index in [2.05, 4.69) is 24.5 Å². The van der Waals surface area contributed by atoms with Crippen molar-refractivity contribution in [3.05, 3.63) is 12.2 Å². The SMILES string of the molecule is C=C(CCC(C#N)CC)CN1C(O)C(CC2CCC(C(O)O)CC2)SC2C(Cl)CCCC21. The summed E-state index contributed by atoms with van der Waals surface area (Å²) in [5.41, 5.74) is 1.09. The molecule has 2 aliphatic carbocycles. The van der Waals surface area contributed by atoms with Gasteiger partial charge in [0.2, 0.25) is 0 Å². The quantitative estimate of drug-likeness (QED) is 0.251. The van der Waals surface area contributed by atoms with Gasteiger partial charge in [-0.1, -0.05) is 25.5 Å². The van der Waals surface area contributed by atoms with Crippen LogP contribution in [-0.2, 0) is 0 Å². The summed E-state index contributed by atoms with van der Waals surface area (Å²) in [6.45, 7) is 7.02. The number of aliphatic hydroxyl groups excluding tert-OH is 2. The molecule has 3 aliphatic rings. The lowest BCUT2D eigenvalue weighted by Crippen LogP contribution is -2.60. The number of thioether (sulfide) groups is 1. The highest BCUT2D eigenvalue weighted by atomic mass is 35.5. The third kappa shape index (κ3) is 6.64. The summed E-state index contributed by atoms with van der Waals surface area (Å²) >= 11 is 8.69. The zero-order chi connectivity index (χ0) is 23.3. The molecule has 1 aliphatic heterocycles. The molecule has 2 saturated carbocycles. The van der Waals surface area contributed by atoms with Gasteiger partial charge in [0.05, 0.1) is 6.07 Å². The molecule has 0 aromatic heterocycles. The summed E-state index contributed by atoms with van der Waals surface area (Å²) in [7, 11) is 0. The Morgan fingerprint density at radius 1 is 1.22 bits per heavy atom. The van der Waals surface area contributed by atoms with E-state index in [1.165, 1.54) is 0 Å². The zero-order valence-corrected chi connectivity index (χ0v) is 21.0. The van der Waals surface area contributed by atoms with Gasteiger partial charge in [-0.05, 0) is 70.1 Å². The van der Waals surface area contributed by atoms with E-state index in [0.29, 0.717) is 17.7 Å². The average Bonchev–Trinajstić information content (AvgIpc) is 2.78. The van der Waals surface area contributed by atoms with Crippen LogP contribution < -0.4 is 0 Å². The van der Waals surface area contributed by atoms with Crippen LogP contribution in [0.2, 0.25) is 0 Å². The molecule has 0 spiro atoms. The monoisotopic (exact) mass is 484 g/mol. The normalized spacial score (nSPS) is 37.0. The molecule has 0 aromatic rings. The summed E-state index contributed by atoms with van der Waals surface area (Å²) < 4.78 is 0. The topological polar surface area (TPSA) is 87.7 Å². The number of alkyl halides is 1. The minimum absolute atomic E-state index is 0.00897. The molecule has 7 heteroatoms. The van der Waals surface area contributed by atoms with Crippen molar-refractivity contribution >= 4 is 23.4 Å². The van der Waals surface area contributed by atoms with Crippen LogP contribution in [-0.4, -0.2) is 61.2 Å². The Kier molecular flexibility index (Phi) is 10.2. The summed E-state index contributed by atoms with van der Waals surface area (Å²) in [5, 5.41) is 40.2. The summed E-state index contributed by atoms with van der Waals surface area (Å²) in [4.78, 5) is 2.26. The molecule has 1 saturated heterocycles. The van der Waals surface area contributed by atoms with Crippen LogP contribution in [0, 0.1) is 29.1 Å². The van der Waals surface area contributed by atoms with E-state index >= 15 is 0 Å². The Balaban J connectivity index is 1.64. The maximum Gasteiger partial charge on any atom is 0.154 e. The maximum atomic E-state index is 11.4. The van der Waals surface area contributed by atoms with Crippen LogP contribution in [0.5, 0.6) is 0 Å². The number of hydrogen-bond acceptors (Lipinski definition) is 6. The highest BCUT2D eigenvalue weighted by Crippen LogP contribution is 2.46. The second kappa shape index (κ2) is 12.4. The Labute approximate surface area is 203 Å². The Morgan fingerprint density at radius 3 is 2.56 bits per heavy atom. The first-order chi connectivity index (χ1) is 15.3. The van der Waals surface area contributed by atoms with Crippen molar-refractivity contribution in [2.75, 3.05) is 6.54 Å². The van der Waals surface area contributed by atoms with Crippen molar-refractivity contribution in [2.24, 2.45) is 17.8 Å². The van der Waals surface area contributed by atoms with Crippen LogP contribution in [0.15, 0.2) is 12.2 Å². The second-order valence-corrected chi connectivity index (χ2v) is 12.2. The Morgan fingerprint density at radius 2 is 1.94 bits per heavy atom. The smallest absolute Gasteiger partial charge is 0.154 e. The van der Waals surface area contributed by atoms with Gasteiger partial charge in [0, 0.05) is 40.3 Å². The minimum atomic E-state index is -1.21. The lowest BCUT2D eigenvalue weighted by Gasteiger charge is -2.52. The van der Waals surface area contributed by atoms with E-state index < -0.39 is 12.5 Å². The van der Waals surface area contributed by atoms with Crippen molar-refractivity contribution < 1.29 is 15.3 Å². The largest absolute Gasteiger partial charge is 0.377 e. The standard InChI is InChI=1S/C25H41ClN2O3S/c1-3-17(14-27)8-7-16(2)15-28-21-6-4-5-20(26)23(21)32-22(24(28)29)13-18-9-11-19(12-10-18)25(30)31/h17-25,29-31H,2-13,15H2,1H3. The van der Waals surface area contributed by atoms with E-state index in [4.69, 9.17) is 11.6 Å². The fourth-order valence-electron chi connectivity index (χ4n) is 5.82. The first-order valence-corrected chi connectivity index (χ1v) is 13.9. The van der Waals surface area contributed by atoms with Crippen LogP contribution >= 0.6 is 23.4 Å². The fourth-order valence-corrected chi connectivity index (χ4v) is 8.18. The van der Waals surface area contributed by atoms with Crippen molar-refractivity contribution in [3.8, 4) is 6.07 Å². The average molecular weight is 485 g/mol. The lowest BCUT2D eigenvalue weighted by atomic mass is 9.79. The van der Waals surface area contributed by atoms with Crippen LogP contribution in [0.3, 0.4) is 0 Å². The lowest BCUT2D eigenvalue weighted by molar-refractivity contribution is -0.0968. The van der Waals surface area contributed by atoms with Gasteiger partial charge in [0.1, 0.15) is 6.23 Å². The van der Waals surface area contributed by atoms with E-state index in [-0.39, 0.29) is 28.5 Å². The van der Waals surface area contributed by atoms with Crippen molar-refractivity contribution in [3.63, 3.8) is 0 Å². The third-order valence-electron chi connectivity index (χ3n) is 7.95. The van der Waals surface area contributed by atoms with Gasteiger partial charge in [-0.15, -0.1) is 23.4 Å². The van der Waals surface area contributed by atoms with Gasteiger partial charge in [-0.3, -0.25) is 4.90 Å². The van der Waals surface area contributed by atoms with E-state index in [0.717, 1.165) is 76.2 Å². The number of halogens is 1. The number of fused-ring (bicyclic) bond motifs is 1. The molecule has 6 unspecified atom stereocenters. The van der Waals surface area contributed by atoms with Crippen LogP contribution in [0.25, 0.3) is 0 Å². The van der Waals surface area contributed by atoms with Crippen LogP contribution in [0.1, 0.15) is 77.6 Å². The van der Waals surface area contributed by atoms with Crippen molar-refractivity contribution in [1.29, 1.82) is 5.26 Å². The predicted octanol–water partition coefficient (Wildman–Crippen LogP) is 4.64. The van der Waals surface area contributed by atoms with Crippen molar-refractivity contribution in [2.45, 2.75) is 112 Å². The number of aliphatic hydroxyl groups is 3. The molecular weight excluding hydrogens is 444 g/mol. The molecule has 32 heavy (non-hydrogen) atoms. The van der Waals surface area contributed by atoms with Gasteiger partial charge in [-0.2, -0.15) is 5.26 Å². The molecule has 0 amide bonds. The van der Waals surface area contributed by atoms with Gasteiger partial charge < -0.3 is 15.3 Å². The van der Waals surface area contributed by atoms with E-state index in [1.807, 2.05) is 11.8 Å². The number of rotatable bonds is 9. The Hall–Kier alpha value is -0.290. The minimum Gasteiger partial charge on any atom is -0.377 e. The number of hydrogen-bond donors (Lipinski definition) is 3. The molecule has 3 N–H and O–H groups in total.